The Hall–Kier alpha value is -2.71. The number of anilines is 1. The van der Waals surface area contributed by atoms with Crippen LogP contribution >= 0.6 is 0 Å². The lowest BCUT2D eigenvalue weighted by molar-refractivity contribution is -0.173. The minimum Gasteiger partial charge on any atom is -0.508 e. The zero-order valence-corrected chi connectivity index (χ0v) is 18.9. The topological polar surface area (TPSA) is 79.2 Å². The van der Waals surface area contributed by atoms with Crippen LogP contribution in [-0.2, 0) is 0 Å². The maximum absolute atomic E-state index is 13.9. The van der Waals surface area contributed by atoms with Gasteiger partial charge in [-0.15, -0.1) is 0 Å². The van der Waals surface area contributed by atoms with Crippen molar-refractivity contribution in [3.8, 4) is 5.75 Å². The van der Waals surface area contributed by atoms with E-state index < -0.39 is 24.2 Å². The number of amides is 1. The highest BCUT2D eigenvalue weighted by molar-refractivity contribution is 5.99. The summed E-state index contributed by atoms with van der Waals surface area (Å²) in [5.74, 6) is 0.712. The first-order valence-corrected chi connectivity index (χ1v) is 11.6. The Labute approximate surface area is 191 Å². The normalized spacial score (nSPS) is 26.2. The van der Waals surface area contributed by atoms with Gasteiger partial charge in [0.2, 0.25) is 0 Å². The molecule has 1 saturated carbocycles. The zero-order valence-electron chi connectivity index (χ0n) is 18.9. The zero-order chi connectivity index (χ0) is 23.8. The van der Waals surface area contributed by atoms with Crippen molar-refractivity contribution >= 4 is 11.7 Å². The summed E-state index contributed by atoms with van der Waals surface area (Å²) in [6.45, 7) is 4.18. The third-order valence-electron chi connectivity index (χ3n) is 6.90. The molecule has 5 atom stereocenters. The highest BCUT2D eigenvalue weighted by atomic mass is 19.4. The van der Waals surface area contributed by atoms with Gasteiger partial charge in [-0.05, 0) is 37.7 Å². The van der Waals surface area contributed by atoms with Crippen molar-refractivity contribution < 1.29 is 23.1 Å². The number of fused-ring (bicyclic) bond motifs is 1. The van der Waals surface area contributed by atoms with E-state index in [4.69, 9.17) is 0 Å². The molecule has 9 heteroatoms. The predicted molar refractivity (Wildman–Crippen MR) is 119 cm³/mol. The molecule has 1 amide bonds. The van der Waals surface area contributed by atoms with Gasteiger partial charge >= 0.3 is 6.18 Å². The van der Waals surface area contributed by atoms with Crippen LogP contribution in [0, 0.1) is 11.8 Å². The summed E-state index contributed by atoms with van der Waals surface area (Å²) in [7, 11) is 0. The van der Waals surface area contributed by atoms with E-state index in [1.165, 1.54) is 25.1 Å². The molecule has 2 aliphatic rings. The molecule has 180 valence electrons. The van der Waals surface area contributed by atoms with Crippen LogP contribution in [0.2, 0.25) is 0 Å². The van der Waals surface area contributed by atoms with Crippen LogP contribution in [0.5, 0.6) is 5.75 Å². The van der Waals surface area contributed by atoms with Gasteiger partial charge in [0.1, 0.15) is 17.1 Å². The summed E-state index contributed by atoms with van der Waals surface area (Å²) in [6, 6.07) is 3.48. The van der Waals surface area contributed by atoms with E-state index in [0.29, 0.717) is 17.4 Å². The van der Waals surface area contributed by atoms with Crippen LogP contribution < -0.4 is 10.6 Å². The Morgan fingerprint density at radius 3 is 2.76 bits per heavy atom. The number of hydrogen-bond donors (Lipinski definition) is 3. The maximum atomic E-state index is 13.9. The average Bonchev–Trinajstić information content (AvgIpc) is 3.16. The second-order valence-electron chi connectivity index (χ2n) is 9.65. The number of nitrogens with zero attached hydrogens (tertiary/aromatic N) is 2. The Bertz CT molecular complexity index is 990. The molecule has 0 radical (unpaired) electrons. The fraction of sp³-hybridized carbons (Fsp3) is 0.583. The molecular weight excluding hydrogens is 433 g/mol. The van der Waals surface area contributed by atoms with Crippen LogP contribution in [0.25, 0.3) is 0 Å². The number of phenols is 1. The van der Waals surface area contributed by atoms with Crippen LogP contribution in [0.4, 0.5) is 19.0 Å². The third-order valence-corrected chi connectivity index (χ3v) is 6.90. The van der Waals surface area contributed by atoms with Crippen LogP contribution in [0.1, 0.15) is 80.4 Å². The summed E-state index contributed by atoms with van der Waals surface area (Å²) in [5, 5.41) is 20.1. The molecule has 4 rings (SSSR count). The predicted octanol–water partition coefficient (Wildman–Crippen LogP) is 5.58. The monoisotopic (exact) mass is 464 g/mol. The number of hydrogen-bond acceptors (Lipinski definition) is 4. The Morgan fingerprint density at radius 2 is 2.06 bits per heavy atom. The summed E-state index contributed by atoms with van der Waals surface area (Å²) in [6.07, 6.45) is 1.87. The van der Waals surface area contributed by atoms with Gasteiger partial charge in [-0.25, -0.2) is 4.68 Å². The van der Waals surface area contributed by atoms with E-state index in [0.717, 1.165) is 23.9 Å². The molecule has 3 unspecified atom stereocenters. The van der Waals surface area contributed by atoms with Gasteiger partial charge in [-0.3, -0.25) is 4.79 Å². The molecule has 1 aromatic carbocycles. The van der Waals surface area contributed by atoms with Crippen LogP contribution in [-0.4, -0.2) is 33.0 Å². The average molecular weight is 465 g/mol. The van der Waals surface area contributed by atoms with Gasteiger partial charge in [0.25, 0.3) is 5.91 Å². The summed E-state index contributed by atoms with van der Waals surface area (Å²) >= 11 is 0. The first kappa shape index (κ1) is 23.4. The van der Waals surface area contributed by atoms with Crippen molar-refractivity contribution in [2.24, 2.45) is 11.8 Å². The van der Waals surface area contributed by atoms with Crippen molar-refractivity contribution in [1.29, 1.82) is 0 Å². The summed E-state index contributed by atoms with van der Waals surface area (Å²) < 4.78 is 42.5. The molecule has 1 aliphatic carbocycles. The minimum atomic E-state index is -4.55. The molecule has 0 bridgehead atoms. The second kappa shape index (κ2) is 9.27. The van der Waals surface area contributed by atoms with Crippen molar-refractivity contribution in [3.63, 3.8) is 0 Å². The number of aromatic hydroxyl groups is 1. The first-order chi connectivity index (χ1) is 15.6. The van der Waals surface area contributed by atoms with Gasteiger partial charge in [0, 0.05) is 18.0 Å². The van der Waals surface area contributed by atoms with Gasteiger partial charge in [-0.1, -0.05) is 44.4 Å². The highest BCUT2D eigenvalue weighted by Gasteiger charge is 2.47. The minimum absolute atomic E-state index is 0.0211. The molecule has 0 saturated heterocycles. The lowest BCUT2D eigenvalue weighted by Crippen LogP contribution is -2.38. The van der Waals surface area contributed by atoms with Gasteiger partial charge < -0.3 is 15.7 Å². The largest absolute Gasteiger partial charge is 0.508 e. The molecule has 2 aromatic rings. The number of alkyl halides is 3. The maximum Gasteiger partial charge on any atom is 0.410 e. The molecule has 1 aromatic heterocycles. The van der Waals surface area contributed by atoms with E-state index in [-0.39, 0.29) is 29.6 Å². The van der Waals surface area contributed by atoms with Crippen molar-refractivity contribution in [2.45, 2.75) is 76.7 Å². The van der Waals surface area contributed by atoms with Crippen molar-refractivity contribution in [3.05, 3.63) is 41.6 Å². The Balaban J connectivity index is 1.55. The number of phenolic OH excluding ortho intramolecular Hbond substituents is 1. The van der Waals surface area contributed by atoms with Gasteiger partial charge in [0.05, 0.1) is 12.2 Å². The van der Waals surface area contributed by atoms with Gasteiger partial charge in [-0.2, -0.15) is 18.3 Å². The van der Waals surface area contributed by atoms with Crippen LogP contribution in [0.3, 0.4) is 0 Å². The molecule has 2 heterocycles. The quantitative estimate of drug-likeness (QED) is 0.540. The number of para-hydroxylation sites is 1. The van der Waals surface area contributed by atoms with Crippen molar-refractivity contribution in [1.82, 2.24) is 15.1 Å². The lowest BCUT2D eigenvalue weighted by atomic mass is 9.79. The molecule has 3 N–H and O–H groups in total. The molecule has 0 spiro atoms. The number of halogens is 3. The third kappa shape index (κ3) is 5.12. The lowest BCUT2D eigenvalue weighted by Gasteiger charge is -2.34. The number of benzene rings is 1. The van der Waals surface area contributed by atoms with Gasteiger partial charge in [0.15, 0.2) is 6.04 Å². The molecule has 6 nitrogen and oxygen atoms in total. The van der Waals surface area contributed by atoms with E-state index in [2.05, 4.69) is 22.7 Å². The Morgan fingerprint density at radius 1 is 1.30 bits per heavy atom. The van der Waals surface area contributed by atoms with E-state index in [9.17, 15) is 23.1 Å². The van der Waals surface area contributed by atoms with E-state index in [1.54, 1.807) is 18.2 Å². The summed E-state index contributed by atoms with van der Waals surface area (Å²) in [4.78, 5) is 13.0. The van der Waals surface area contributed by atoms with E-state index in [1.807, 2.05) is 6.92 Å². The fourth-order valence-corrected chi connectivity index (χ4v) is 5.35. The molecule has 1 aliphatic heterocycles. The number of aromatic nitrogens is 2. The second-order valence-corrected chi connectivity index (χ2v) is 9.65. The standard InChI is InChI=1S/C24H31F3N4O2/c1-14-6-5-7-16(10-14)11-15(2)29-23(33)18-13-28-31-21(24(25,26)27)12-19(30-22(18)31)17-8-3-4-9-20(17)32/h3-4,8-9,13-16,19,21,30,32H,5-7,10-12H2,1-2H3,(H,29,33)/t14?,15?,16?,19-,21+/m0/s1. The smallest absolute Gasteiger partial charge is 0.410 e. The first-order valence-electron chi connectivity index (χ1n) is 11.6. The molecule has 33 heavy (non-hydrogen) atoms. The number of carbonyl (C=O) groups excluding carboxylic acids is 1. The van der Waals surface area contributed by atoms with Crippen molar-refractivity contribution in [2.75, 3.05) is 5.32 Å². The number of nitrogens with one attached hydrogen (secondary N) is 2. The SMILES string of the molecule is CC1CCCC(CC(C)NC(=O)c2cnn3c2N[C@H](c2ccccc2O)C[C@@H]3C(F)(F)F)C1. The Kier molecular flexibility index (Phi) is 6.59. The molecular formula is C24H31F3N4O2. The highest BCUT2D eigenvalue weighted by Crippen LogP contribution is 2.45. The van der Waals surface area contributed by atoms with E-state index >= 15 is 0 Å². The number of rotatable bonds is 5. The fourth-order valence-electron chi connectivity index (χ4n) is 5.35. The molecule has 1 fully saturated rings. The van der Waals surface area contributed by atoms with Crippen LogP contribution in [0.15, 0.2) is 30.5 Å². The summed E-state index contributed by atoms with van der Waals surface area (Å²) in [5.41, 5.74) is 0.429. The number of carbonyl (C=O) groups is 1.